The second kappa shape index (κ2) is 7.07. The van der Waals surface area contributed by atoms with Crippen LogP contribution < -0.4 is 5.32 Å². The van der Waals surface area contributed by atoms with Crippen molar-refractivity contribution in [3.8, 4) is 0 Å². The molecular weight excluding hydrogens is 302 g/mol. The predicted molar refractivity (Wildman–Crippen MR) is 97.1 cm³/mol. The van der Waals surface area contributed by atoms with Crippen molar-refractivity contribution in [2.45, 2.75) is 46.6 Å². The molecule has 2 aromatic rings. The van der Waals surface area contributed by atoms with Gasteiger partial charge in [0, 0.05) is 43.2 Å². The number of aryl methyl sites for hydroxylation is 3. The minimum Gasteiger partial charge on any atom is -0.359 e. The van der Waals surface area contributed by atoms with Gasteiger partial charge in [-0.25, -0.2) is 0 Å². The number of amides is 2. The molecule has 130 valence electrons. The van der Waals surface area contributed by atoms with Crippen molar-refractivity contribution >= 4 is 22.7 Å². The summed E-state index contributed by atoms with van der Waals surface area (Å²) in [5.41, 5.74) is 5.54. The fourth-order valence-corrected chi connectivity index (χ4v) is 3.06. The Hall–Kier alpha value is -2.30. The van der Waals surface area contributed by atoms with Gasteiger partial charge in [0.05, 0.1) is 6.42 Å². The first-order chi connectivity index (χ1) is 11.3. The van der Waals surface area contributed by atoms with Crippen LogP contribution in [0.3, 0.4) is 0 Å². The number of hydrogen-bond donors (Lipinski definition) is 2. The van der Waals surface area contributed by atoms with Crippen LogP contribution in [-0.2, 0) is 16.0 Å². The molecule has 1 aromatic carbocycles. The first-order valence-corrected chi connectivity index (χ1v) is 8.29. The number of carbonyl (C=O) groups excluding carboxylic acids is 2. The summed E-state index contributed by atoms with van der Waals surface area (Å²) in [6.07, 6.45) is 0.647. The Balaban J connectivity index is 2.26. The minimum atomic E-state index is -0.134. The number of rotatable bonds is 5. The van der Waals surface area contributed by atoms with E-state index in [0.717, 1.165) is 22.2 Å². The molecule has 0 saturated carbocycles. The van der Waals surface area contributed by atoms with Crippen molar-refractivity contribution < 1.29 is 9.59 Å². The van der Waals surface area contributed by atoms with Crippen LogP contribution in [0.4, 0.5) is 0 Å². The monoisotopic (exact) mass is 329 g/mol. The minimum absolute atomic E-state index is 0.0244. The summed E-state index contributed by atoms with van der Waals surface area (Å²) >= 11 is 0. The average molecular weight is 329 g/mol. The number of aromatic amines is 1. The van der Waals surface area contributed by atoms with Crippen molar-refractivity contribution in [1.82, 2.24) is 15.2 Å². The second-order valence-electron chi connectivity index (χ2n) is 6.59. The number of fused-ring (bicyclic) bond motifs is 1. The lowest BCUT2D eigenvalue weighted by Gasteiger charge is -2.24. The zero-order chi connectivity index (χ0) is 18.0. The van der Waals surface area contributed by atoms with Crippen LogP contribution in [0.5, 0.6) is 0 Å². The summed E-state index contributed by atoms with van der Waals surface area (Å²) in [7, 11) is 3.37. The quantitative estimate of drug-likeness (QED) is 0.885. The van der Waals surface area contributed by atoms with Gasteiger partial charge in [0.1, 0.15) is 0 Å². The number of nitrogens with zero attached hydrogens (tertiary/aromatic N) is 1. The zero-order valence-corrected chi connectivity index (χ0v) is 15.4. The third-order valence-corrected chi connectivity index (χ3v) is 4.83. The van der Waals surface area contributed by atoms with Crippen molar-refractivity contribution in [3.05, 3.63) is 34.5 Å². The smallest absolute Gasteiger partial charge is 0.227 e. The molecule has 0 spiro atoms. The van der Waals surface area contributed by atoms with Crippen molar-refractivity contribution in [3.63, 3.8) is 0 Å². The molecule has 5 nitrogen and oxygen atoms in total. The van der Waals surface area contributed by atoms with Crippen LogP contribution in [0, 0.1) is 20.8 Å². The molecule has 0 saturated heterocycles. The largest absolute Gasteiger partial charge is 0.359 e. The molecule has 2 N–H and O–H groups in total. The third-order valence-electron chi connectivity index (χ3n) is 4.83. The lowest BCUT2D eigenvalue weighted by molar-refractivity contribution is -0.132. The molecular formula is C19H27N3O2. The molecule has 0 aliphatic carbocycles. The highest BCUT2D eigenvalue weighted by Gasteiger charge is 2.21. The highest BCUT2D eigenvalue weighted by molar-refractivity contribution is 5.94. The van der Waals surface area contributed by atoms with Gasteiger partial charge < -0.3 is 15.2 Å². The first kappa shape index (κ1) is 18.0. The van der Waals surface area contributed by atoms with E-state index >= 15 is 0 Å². The van der Waals surface area contributed by atoms with Crippen molar-refractivity contribution in [2.75, 3.05) is 14.1 Å². The van der Waals surface area contributed by atoms with Gasteiger partial charge in [-0.05, 0) is 44.4 Å². The summed E-state index contributed by atoms with van der Waals surface area (Å²) in [6.45, 7) is 8.04. The van der Waals surface area contributed by atoms with Gasteiger partial charge in [-0.15, -0.1) is 0 Å². The lowest BCUT2D eigenvalue weighted by atomic mass is 10.0. The molecule has 2 amide bonds. The Morgan fingerprint density at radius 1 is 1.21 bits per heavy atom. The lowest BCUT2D eigenvalue weighted by Crippen LogP contribution is -2.39. The first-order valence-electron chi connectivity index (χ1n) is 8.29. The van der Waals surface area contributed by atoms with E-state index in [-0.39, 0.29) is 17.9 Å². The van der Waals surface area contributed by atoms with Gasteiger partial charge in [-0.1, -0.05) is 12.1 Å². The van der Waals surface area contributed by atoms with E-state index in [1.165, 1.54) is 11.1 Å². The zero-order valence-electron chi connectivity index (χ0n) is 15.4. The van der Waals surface area contributed by atoms with E-state index in [9.17, 15) is 9.59 Å². The molecule has 0 fully saturated rings. The molecule has 0 aliphatic heterocycles. The number of carbonyl (C=O) groups is 2. The Morgan fingerprint density at radius 2 is 1.83 bits per heavy atom. The van der Waals surface area contributed by atoms with E-state index in [1.807, 2.05) is 13.8 Å². The molecule has 1 heterocycles. The average Bonchev–Trinajstić information content (AvgIpc) is 2.87. The summed E-state index contributed by atoms with van der Waals surface area (Å²) in [5.74, 6) is -0.0341. The summed E-state index contributed by atoms with van der Waals surface area (Å²) < 4.78 is 0. The Labute approximate surface area is 143 Å². The molecule has 0 bridgehead atoms. The normalized spacial score (nSPS) is 12.2. The van der Waals surface area contributed by atoms with Crippen LogP contribution in [0.1, 0.15) is 35.7 Å². The molecule has 2 rings (SSSR count). The number of nitrogens with one attached hydrogen (secondary N) is 2. The van der Waals surface area contributed by atoms with Crippen LogP contribution in [0.15, 0.2) is 12.1 Å². The molecule has 1 unspecified atom stereocenters. The fourth-order valence-electron chi connectivity index (χ4n) is 3.06. The third kappa shape index (κ3) is 3.45. The Bertz CT molecular complexity index is 777. The predicted octanol–water partition coefficient (Wildman–Crippen LogP) is 2.62. The summed E-state index contributed by atoms with van der Waals surface area (Å²) in [5, 5.41) is 3.75. The van der Waals surface area contributed by atoms with Crippen LogP contribution in [-0.4, -0.2) is 41.8 Å². The van der Waals surface area contributed by atoms with Gasteiger partial charge in [0.15, 0.2) is 0 Å². The van der Waals surface area contributed by atoms with E-state index < -0.39 is 0 Å². The highest BCUT2D eigenvalue weighted by atomic mass is 16.2. The summed E-state index contributed by atoms with van der Waals surface area (Å²) in [6, 6.07) is 4.05. The van der Waals surface area contributed by atoms with E-state index in [4.69, 9.17) is 0 Å². The number of benzene rings is 1. The standard InChI is InChI=1S/C19H27N3O2/c1-11-7-8-12(2)19-18(11)15(14(4)21-19)10-17(24)22(6)13(3)9-16(23)20-5/h7-8,13,21H,9-10H2,1-6H3,(H,20,23). The van der Waals surface area contributed by atoms with Gasteiger partial charge in [0.25, 0.3) is 0 Å². The molecule has 1 atom stereocenters. The highest BCUT2D eigenvalue weighted by Crippen LogP contribution is 2.28. The SMILES string of the molecule is CNC(=O)CC(C)N(C)C(=O)Cc1c(C)[nH]c2c(C)ccc(C)c12. The van der Waals surface area contributed by atoms with Crippen LogP contribution in [0.2, 0.25) is 0 Å². The van der Waals surface area contributed by atoms with E-state index in [0.29, 0.717) is 12.8 Å². The number of aromatic nitrogens is 1. The molecule has 0 radical (unpaired) electrons. The Kier molecular flexibility index (Phi) is 5.32. The van der Waals surface area contributed by atoms with Crippen LogP contribution >= 0.6 is 0 Å². The summed E-state index contributed by atoms with van der Waals surface area (Å²) in [4.78, 5) is 29.3. The molecule has 0 aliphatic rings. The fraction of sp³-hybridized carbons (Fsp3) is 0.474. The van der Waals surface area contributed by atoms with Gasteiger partial charge in [-0.2, -0.15) is 0 Å². The number of hydrogen-bond acceptors (Lipinski definition) is 2. The van der Waals surface area contributed by atoms with Gasteiger partial charge in [0.2, 0.25) is 11.8 Å². The maximum absolute atomic E-state index is 12.7. The van der Waals surface area contributed by atoms with Crippen molar-refractivity contribution in [1.29, 1.82) is 0 Å². The van der Waals surface area contributed by atoms with Crippen LogP contribution in [0.25, 0.3) is 10.9 Å². The van der Waals surface area contributed by atoms with E-state index in [1.54, 1.807) is 19.0 Å². The Morgan fingerprint density at radius 3 is 2.46 bits per heavy atom. The number of likely N-dealkylation sites (N-methyl/N-ethyl adjacent to an activating group) is 1. The van der Waals surface area contributed by atoms with Crippen molar-refractivity contribution in [2.24, 2.45) is 0 Å². The second-order valence-corrected chi connectivity index (χ2v) is 6.59. The molecule has 24 heavy (non-hydrogen) atoms. The van der Waals surface area contributed by atoms with E-state index in [2.05, 4.69) is 36.3 Å². The molecule has 1 aromatic heterocycles. The maximum Gasteiger partial charge on any atom is 0.227 e. The molecule has 5 heteroatoms. The number of H-pyrrole nitrogens is 1. The van der Waals surface area contributed by atoms with Gasteiger partial charge >= 0.3 is 0 Å². The van der Waals surface area contributed by atoms with Gasteiger partial charge in [-0.3, -0.25) is 9.59 Å². The topological polar surface area (TPSA) is 65.2 Å². The maximum atomic E-state index is 12.7.